The predicted octanol–water partition coefficient (Wildman–Crippen LogP) is 4.13. The lowest BCUT2D eigenvalue weighted by Crippen LogP contribution is -1.86. The lowest BCUT2D eigenvalue weighted by molar-refractivity contribution is 0.482. The highest BCUT2D eigenvalue weighted by Gasteiger charge is 2.08. The Bertz CT molecular complexity index is 826. The molecule has 0 heterocycles. The van der Waals surface area contributed by atoms with Crippen molar-refractivity contribution in [2.45, 2.75) is 0 Å². The molecule has 0 saturated heterocycles. The second-order valence-corrected chi connectivity index (χ2v) is 4.67. The molecule has 0 radical (unpaired) electrons. The first kappa shape index (κ1) is 12.9. The van der Waals surface area contributed by atoms with Crippen molar-refractivity contribution in [1.82, 2.24) is 0 Å². The standard InChI is InChI=1S/C16H14N4O/c17-11-5-7-12(8-6-11)19-20-16-13(18)9-4-10-2-1-3-14(21)15(10)16/h1-9,21H,17-18H2. The van der Waals surface area contributed by atoms with Crippen LogP contribution in [-0.2, 0) is 0 Å². The normalized spacial score (nSPS) is 11.2. The Morgan fingerprint density at radius 1 is 0.810 bits per heavy atom. The number of rotatable bonds is 2. The van der Waals surface area contributed by atoms with Crippen molar-refractivity contribution in [3.8, 4) is 5.75 Å². The van der Waals surface area contributed by atoms with Crippen LogP contribution in [0.5, 0.6) is 5.75 Å². The van der Waals surface area contributed by atoms with Gasteiger partial charge < -0.3 is 16.6 Å². The maximum Gasteiger partial charge on any atom is 0.125 e. The number of nitrogens with zero attached hydrogens (tertiary/aromatic N) is 2. The number of nitrogen functional groups attached to an aromatic ring is 2. The number of aromatic hydroxyl groups is 1. The fourth-order valence-corrected chi connectivity index (χ4v) is 2.11. The molecule has 0 fully saturated rings. The molecule has 5 N–H and O–H groups in total. The van der Waals surface area contributed by atoms with Gasteiger partial charge in [0.05, 0.1) is 16.8 Å². The summed E-state index contributed by atoms with van der Waals surface area (Å²) in [6.07, 6.45) is 0. The minimum Gasteiger partial charge on any atom is -0.507 e. The van der Waals surface area contributed by atoms with Gasteiger partial charge in [0.1, 0.15) is 11.4 Å². The number of nitrogens with two attached hydrogens (primary N) is 2. The molecule has 3 aromatic rings. The molecule has 0 aliphatic heterocycles. The van der Waals surface area contributed by atoms with Gasteiger partial charge in [0.25, 0.3) is 0 Å². The molecule has 0 amide bonds. The molecule has 0 aliphatic carbocycles. The molecule has 0 spiro atoms. The Balaban J connectivity index is 2.11. The Kier molecular flexibility index (Phi) is 3.16. The van der Waals surface area contributed by atoms with Crippen molar-refractivity contribution >= 4 is 33.5 Å². The van der Waals surface area contributed by atoms with Gasteiger partial charge in [-0.25, -0.2) is 0 Å². The quantitative estimate of drug-likeness (QED) is 0.485. The van der Waals surface area contributed by atoms with E-state index in [1.54, 1.807) is 42.5 Å². The molecule has 0 aliphatic rings. The highest BCUT2D eigenvalue weighted by molar-refractivity contribution is 6.01. The molecule has 0 saturated carbocycles. The molecular formula is C16H14N4O. The first-order valence-corrected chi connectivity index (χ1v) is 6.42. The number of phenolic OH excluding ortho intramolecular Hbond substituents is 1. The van der Waals surface area contributed by atoms with Crippen molar-refractivity contribution in [2.75, 3.05) is 11.5 Å². The fourth-order valence-electron chi connectivity index (χ4n) is 2.11. The van der Waals surface area contributed by atoms with E-state index in [1.165, 1.54) is 0 Å². The summed E-state index contributed by atoms with van der Waals surface area (Å²) in [5, 5.41) is 19.8. The van der Waals surface area contributed by atoms with Crippen molar-refractivity contribution in [1.29, 1.82) is 0 Å². The number of hydrogen-bond acceptors (Lipinski definition) is 5. The molecule has 21 heavy (non-hydrogen) atoms. The smallest absolute Gasteiger partial charge is 0.125 e. The molecule has 0 aromatic heterocycles. The zero-order valence-electron chi connectivity index (χ0n) is 11.2. The van der Waals surface area contributed by atoms with Gasteiger partial charge in [0.2, 0.25) is 0 Å². The topological polar surface area (TPSA) is 97.0 Å². The van der Waals surface area contributed by atoms with E-state index >= 15 is 0 Å². The Morgan fingerprint density at radius 2 is 1.57 bits per heavy atom. The van der Waals surface area contributed by atoms with Gasteiger partial charge in [-0.1, -0.05) is 18.2 Å². The molecule has 5 heteroatoms. The van der Waals surface area contributed by atoms with E-state index in [9.17, 15) is 5.11 Å². The summed E-state index contributed by atoms with van der Waals surface area (Å²) in [5.74, 6) is 0.131. The second-order valence-electron chi connectivity index (χ2n) is 4.67. The van der Waals surface area contributed by atoms with Crippen LogP contribution >= 0.6 is 0 Å². The van der Waals surface area contributed by atoms with Crippen molar-refractivity contribution < 1.29 is 5.11 Å². The summed E-state index contributed by atoms with van der Waals surface area (Å²) in [4.78, 5) is 0. The maximum absolute atomic E-state index is 10.0. The Hall–Kier alpha value is -3.08. The van der Waals surface area contributed by atoms with E-state index in [-0.39, 0.29) is 5.75 Å². The summed E-state index contributed by atoms with van der Waals surface area (Å²) in [6, 6.07) is 15.9. The van der Waals surface area contributed by atoms with Gasteiger partial charge in [-0.3, -0.25) is 0 Å². The van der Waals surface area contributed by atoms with E-state index in [0.29, 0.717) is 28.1 Å². The molecule has 0 bridgehead atoms. The SMILES string of the molecule is Nc1ccc(N=Nc2c(N)ccc3cccc(O)c23)cc1. The zero-order chi connectivity index (χ0) is 14.8. The number of anilines is 2. The third-order valence-electron chi connectivity index (χ3n) is 3.19. The van der Waals surface area contributed by atoms with Crippen LogP contribution in [0.3, 0.4) is 0 Å². The molecule has 3 aromatic carbocycles. The van der Waals surface area contributed by atoms with Gasteiger partial charge in [-0.15, -0.1) is 5.11 Å². The summed E-state index contributed by atoms with van der Waals surface area (Å²) in [5.41, 5.74) is 13.8. The highest BCUT2D eigenvalue weighted by atomic mass is 16.3. The molecule has 104 valence electrons. The fraction of sp³-hybridized carbons (Fsp3) is 0. The summed E-state index contributed by atoms with van der Waals surface area (Å²) >= 11 is 0. The van der Waals surface area contributed by atoms with E-state index in [2.05, 4.69) is 10.2 Å². The van der Waals surface area contributed by atoms with Crippen LogP contribution in [0.1, 0.15) is 0 Å². The van der Waals surface area contributed by atoms with Crippen molar-refractivity contribution in [3.63, 3.8) is 0 Å². The van der Waals surface area contributed by atoms with Crippen LogP contribution in [-0.4, -0.2) is 5.11 Å². The number of azo groups is 1. The second kappa shape index (κ2) is 5.13. The van der Waals surface area contributed by atoms with Crippen LogP contribution in [0.25, 0.3) is 10.8 Å². The van der Waals surface area contributed by atoms with Crippen LogP contribution in [0.4, 0.5) is 22.7 Å². The number of benzene rings is 3. The monoisotopic (exact) mass is 278 g/mol. The average molecular weight is 278 g/mol. The summed E-state index contributed by atoms with van der Waals surface area (Å²) < 4.78 is 0. The summed E-state index contributed by atoms with van der Waals surface area (Å²) in [6.45, 7) is 0. The minimum absolute atomic E-state index is 0.131. The van der Waals surface area contributed by atoms with Gasteiger partial charge >= 0.3 is 0 Å². The lowest BCUT2D eigenvalue weighted by atomic mass is 10.1. The van der Waals surface area contributed by atoms with E-state index in [4.69, 9.17) is 11.5 Å². The lowest BCUT2D eigenvalue weighted by Gasteiger charge is -2.06. The molecule has 3 rings (SSSR count). The average Bonchev–Trinajstić information content (AvgIpc) is 2.48. The van der Waals surface area contributed by atoms with E-state index < -0.39 is 0 Å². The maximum atomic E-state index is 10.0. The third kappa shape index (κ3) is 2.49. The van der Waals surface area contributed by atoms with Crippen LogP contribution < -0.4 is 11.5 Å². The number of fused-ring (bicyclic) bond motifs is 1. The van der Waals surface area contributed by atoms with Gasteiger partial charge in [0.15, 0.2) is 0 Å². The molecular weight excluding hydrogens is 264 g/mol. The molecule has 0 atom stereocenters. The van der Waals surface area contributed by atoms with Crippen LogP contribution in [0.15, 0.2) is 64.8 Å². The van der Waals surface area contributed by atoms with E-state index in [0.717, 1.165) is 5.39 Å². The highest BCUT2D eigenvalue weighted by Crippen LogP contribution is 2.38. The van der Waals surface area contributed by atoms with Crippen LogP contribution in [0, 0.1) is 0 Å². The number of phenols is 1. The minimum atomic E-state index is 0.131. The molecule has 5 nitrogen and oxygen atoms in total. The van der Waals surface area contributed by atoms with E-state index in [1.807, 2.05) is 12.1 Å². The largest absolute Gasteiger partial charge is 0.507 e. The van der Waals surface area contributed by atoms with Gasteiger partial charge in [0, 0.05) is 5.69 Å². The molecule has 0 unspecified atom stereocenters. The van der Waals surface area contributed by atoms with Crippen LogP contribution in [0.2, 0.25) is 0 Å². The zero-order valence-corrected chi connectivity index (χ0v) is 11.2. The van der Waals surface area contributed by atoms with Crippen molar-refractivity contribution in [2.24, 2.45) is 10.2 Å². The Morgan fingerprint density at radius 3 is 2.33 bits per heavy atom. The third-order valence-corrected chi connectivity index (χ3v) is 3.19. The first-order chi connectivity index (χ1) is 10.1. The van der Waals surface area contributed by atoms with Gasteiger partial charge in [-0.05, 0) is 41.8 Å². The number of hydrogen-bond donors (Lipinski definition) is 3. The predicted molar refractivity (Wildman–Crippen MR) is 85.1 cm³/mol. The van der Waals surface area contributed by atoms with Crippen molar-refractivity contribution in [3.05, 3.63) is 54.6 Å². The Labute approximate surface area is 121 Å². The van der Waals surface area contributed by atoms with Gasteiger partial charge in [-0.2, -0.15) is 5.11 Å². The first-order valence-electron chi connectivity index (χ1n) is 6.42. The summed E-state index contributed by atoms with van der Waals surface area (Å²) in [7, 11) is 0.